The van der Waals surface area contributed by atoms with Gasteiger partial charge in [-0.25, -0.2) is 0 Å². The van der Waals surface area contributed by atoms with E-state index >= 15 is 0 Å². The van der Waals surface area contributed by atoms with Crippen LogP contribution in [0.1, 0.15) is 46.5 Å². The van der Waals surface area contributed by atoms with Crippen LogP contribution in [0.4, 0.5) is 0 Å². The Bertz CT molecular complexity index is 163. The average molecular weight is 232 g/mol. The number of esters is 1. The molecule has 3 heteroatoms. The van der Waals surface area contributed by atoms with Crippen LogP contribution in [-0.4, -0.2) is 24.9 Å². The van der Waals surface area contributed by atoms with Crippen LogP contribution < -0.4 is 0 Å². The van der Waals surface area contributed by atoms with Gasteiger partial charge < -0.3 is 4.74 Å². The van der Waals surface area contributed by atoms with Crippen LogP contribution in [0.25, 0.3) is 0 Å². The first-order valence-corrected chi connectivity index (χ1v) is 7.60. The van der Waals surface area contributed by atoms with Gasteiger partial charge >= 0.3 is 5.97 Å². The molecule has 0 aromatic heterocycles. The second-order valence-corrected chi connectivity index (χ2v) is 5.20. The van der Waals surface area contributed by atoms with Crippen molar-refractivity contribution in [1.82, 2.24) is 0 Å². The zero-order valence-electron chi connectivity index (χ0n) is 10.5. The van der Waals surface area contributed by atoms with E-state index in [0.717, 1.165) is 14.2 Å². The van der Waals surface area contributed by atoms with Crippen molar-refractivity contribution in [3.63, 3.8) is 0 Å². The van der Waals surface area contributed by atoms with E-state index in [9.17, 15) is 4.79 Å². The Hall–Kier alpha value is -0.100. The average Bonchev–Trinajstić information content (AvgIpc) is 2.30. The maximum absolute atomic E-state index is 10.6. The van der Waals surface area contributed by atoms with Gasteiger partial charge in [-0.3, -0.25) is 4.79 Å². The molecular formula is C12H25O2P. The van der Waals surface area contributed by atoms with Crippen LogP contribution in [0.5, 0.6) is 0 Å². The van der Waals surface area contributed by atoms with Gasteiger partial charge in [-0.15, -0.1) is 8.58 Å². The quantitative estimate of drug-likeness (QED) is 0.550. The van der Waals surface area contributed by atoms with Crippen molar-refractivity contribution in [3.8, 4) is 0 Å². The first-order valence-electron chi connectivity index (χ1n) is 6.03. The van der Waals surface area contributed by atoms with Crippen molar-refractivity contribution in [2.75, 3.05) is 13.3 Å². The summed E-state index contributed by atoms with van der Waals surface area (Å²) in [5.41, 5.74) is 0.952. The van der Waals surface area contributed by atoms with Gasteiger partial charge in [0.2, 0.25) is 0 Å². The highest BCUT2D eigenvalue weighted by Crippen LogP contribution is 2.33. The second kappa shape index (κ2) is 9.15. The van der Waals surface area contributed by atoms with Gasteiger partial charge in [0.05, 0.1) is 6.61 Å². The second-order valence-electron chi connectivity index (χ2n) is 3.81. The normalized spacial score (nSPS) is 25.9. The summed E-state index contributed by atoms with van der Waals surface area (Å²) in [6.07, 6.45) is 5.17. The van der Waals surface area contributed by atoms with E-state index < -0.39 is 0 Å². The van der Waals surface area contributed by atoms with E-state index in [0.29, 0.717) is 12.5 Å². The lowest BCUT2D eigenvalue weighted by Crippen LogP contribution is -2.20. The largest absolute Gasteiger partial charge is 0.466 e. The lowest BCUT2D eigenvalue weighted by molar-refractivity contribution is -0.142. The summed E-state index contributed by atoms with van der Waals surface area (Å²) in [4.78, 5) is 10.6. The molecule has 0 amide bonds. The summed E-state index contributed by atoms with van der Waals surface area (Å²) < 4.78 is 5.01. The zero-order chi connectivity index (χ0) is 11.7. The fourth-order valence-electron chi connectivity index (χ4n) is 1.85. The predicted molar refractivity (Wildman–Crippen MR) is 68.0 cm³/mol. The fourth-order valence-corrected chi connectivity index (χ4v) is 2.76. The molecule has 0 bridgehead atoms. The van der Waals surface area contributed by atoms with Gasteiger partial charge in [0, 0.05) is 6.92 Å². The summed E-state index contributed by atoms with van der Waals surface area (Å²) in [7, 11) is 1.09. The van der Waals surface area contributed by atoms with Gasteiger partial charge in [0.25, 0.3) is 0 Å². The van der Waals surface area contributed by atoms with Crippen molar-refractivity contribution in [2.24, 2.45) is 5.92 Å². The molecule has 90 valence electrons. The number of hydrogen-bond donors (Lipinski definition) is 0. The molecule has 1 atom stereocenters. The third-order valence-electron chi connectivity index (χ3n) is 2.78. The first kappa shape index (κ1) is 14.9. The molecule has 0 heterocycles. The molecule has 0 spiro atoms. The molecule has 1 aliphatic carbocycles. The molecule has 1 fully saturated rings. The van der Waals surface area contributed by atoms with Crippen LogP contribution in [0.15, 0.2) is 0 Å². The van der Waals surface area contributed by atoms with Crippen LogP contribution in [0, 0.1) is 5.92 Å². The van der Waals surface area contributed by atoms with E-state index in [1.807, 2.05) is 13.8 Å². The fraction of sp³-hybridized carbons (Fsp3) is 0.917. The van der Waals surface area contributed by atoms with Crippen LogP contribution in [-0.2, 0) is 9.53 Å². The molecule has 0 aliphatic heterocycles. The Kier molecular flexibility index (Phi) is 9.09. The first-order chi connectivity index (χ1) is 7.22. The standard InChI is InChI=1S/C10H19O2P.C2H6/c1-8(11)12-7-9-3-5-10(13-2)6-4-9;1-2/h9-10,13H,3-7H2,1-2H3;1-2H3. The highest BCUT2D eigenvalue weighted by molar-refractivity contribution is 7.37. The highest BCUT2D eigenvalue weighted by Gasteiger charge is 2.20. The van der Waals surface area contributed by atoms with Crippen molar-refractivity contribution >= 4 is 14.6 Å². The summed E-state index contributed by atoms with van der Waals surface area (Å²) >= 11 is 0. The molecule has 0 radical (unpaired) electrons. The van der Waals surface area contributed by atoms with E-state index in [2.05, 4.69) is 6.66 Å². The molecule has 2 nitrogen and oxygen atoms in total. The summed E-state index contributed by atoms with van der Waals surface area (Å²) in [5, 5.41) is 0. The van der Waals surface area contributed by atoms with E-state index in [1.54, 1.807) is 0 Å². The minimum Gasteiger partial charge on any atom is -0.466 e. The summed E-state index contributed by atoms with van der Waals surface area (Å²) in [6, 6.07) is 0. The van der Waals surface area contributed by atoms with E-state index in [-0.39, 0.29) is 5.97 Å². The van der Waals surface area contributed by atoms with E-state index in [1.165, 1.54) is 32.6 Å². The molecule has 0 saturated heterocycles. The molecule has 0 aromatic carbocycles. The predicted octanol–water partition coefficient (Wildman–Crippen LogP) is 3.44. The van der Waals surface area contributed by atoms with Crippen LogP contribution in [0.2, 0.25) is 0 Å². The molecule has 1 aliphatic rings. The molecular weight excluding hydrogens is 207 g/mol. The van der Waals surface area contributed by atoms with Crippen LogP contribution in [0.3, 0.4) is 0 Å². The van der Waals surface area contributed by atoms with Crippen molar-refractivity contribution < 1.29 is 9.53 Å². The molecule has 0 N–H and O–H groups in total. The van der Waals surface area contributed by atoms with Gasteiger partial charge in [-0.05, 0) is 43.9 Å². The summed E-state index contributed by atoms with van der Waals surface area (Å²) in [5.74, 6) is 0.496. The number of carbonyl (C=O) groups excluding carboxylic acids is 1. The third-order valence-corrected chi connectivity index (χ3v) is 4.17. The summed E-state index contributed by atoms with van der Waals surface area (Å²) in [6.45, 7) is 8.42. The molecule has 0 aromatic rings. The maximum Gasteiger partial charge on any atom is 0.302 e. The zero-order valence-corrected chi connectivity index (χ0v) is 11.5. The molecule has 1 rings (SSSR count). The van der Waals surface area contributed by atoms with Crippen molar-refractivity contribution in [3.05, 3.63) is 0 Å². The molecule has 1 unspecified atom stereocenters. The third kappa shape index (κ3) is 6.89. The van der Waals surface area contributed by atoms with E-state index in [4.69, 9.17) is 4.74 Å². The smallest absolute Gasteiger partial charge is 0.302 e. The lowest BCUT2D eigenvalue weighted by Gasteiger charge is -2.27. The molecule has 1 saturated carbocycles. The van der Waals surface area contributed by atoms with Gasteiger partial charge in [0.1, 0.15) is 0 Å². The Balaban J connectivity index is 0.000000921. The molecule has 15 heavy (non-hydrogen) atoms. The number of carbonyl (C=O) groups is 1. The SMILES string of the molecule is CC.CPC1CCC(COC(C)=O)CC1. The number of ether oxygens (including phenoxy) is 1. The van der Waals surface area contributed by atoms with Gasteiger partial charge in [0.15, 0.2) is 0 Å². The minimum absolute atomic E-state index is 0.139. The number of rotatable bonds is 3. The van der Waals surface area contributed by atoms with Gasteiger partial charge in [-0.1, -0.05) is 13.8 Å². The minimum atomic E-state index is -0.139. The Labute approximate surface area is 95.9 Å². The topological polar surface area (TPSA) is 26.3 Å². The van der Waals surface area contributed by atoms with Crippen molar-refractivity contribution in [2.45, 2.75) is 52.1 Å². The Morgan fingerprint density at radius 2 is 1.80 bits per heavy atom. The maximum atomic E-state index is 10.6. The van der Waals surface area contributed by atoms with Crippen molar-refractivity contribution in [1.29, 1.82) is 0 Å². The lowest BCUT2D eigenvalue weighted by atomic mass is 9.89. The van der Waals surface area contributed by atoms with Crippen LogP contribution >= 0.6 is 8.58 Å². The highest BCUT2D eigenvalue weighted by atomic mass is 31.1. The van der Waals surface area contributed by atoms with Gasteiger partial charge in [-0.2, -0.15) is 0 Å². The number of hydrogen-bond acceptors (Lipinski definition) is 2. The Morgan fingerprint density at radius 3 is 2.20 bits per heavy atom. The monoisotopic (exact) mass is 232 g/mol. The Morgan fingerprint density at radius 1 is 1.27 bits per heavy atom.